The number of benzene rings is 2. The number of likely N-dealkylation sites (tertiary alicyclic amines) is 1. The van der Waals surface area contributed by atoms with Crippen LogP contribution in [0.2, 0.25) is 5.02 Å². The number of aryl methyl sites for hydroxylation is 1. The van der Waals surface area contributed by atoms with Gasteiger partial charge in [0.05, 0.1) is 39.8 Å². The molecule has 6 aliphatic rings. The number of aliphatic hydroxyl groups is 1. The van der Waals surface area contributed by atoms with Gasteiger partial charge >= 0.3 is 0 Å². The Morgan fingerprint density at radius 2 is 1.82 bits per heavy atom. The monoisotopic (exact) mass is 723 g/mol. The molecule has 1 amide bonds. The summed E-state index contributed by atoms with van der Waals surface area (Å²) in [5, 5.41) is 13.3. The Kier molecular flexibility index (Phi) is 9.23. The molecule has 0 aromatic heterocycles. The van der Waals surface area contributed by atoms with E-state index in [1.54, 1.807) is 6.07 Å². The molecule has 272 valence electrons. The first-order chi connectivity index (χ1) is 23.9. The van der Waals surface area contributed by atoms with Crippen molar-refractivity contribution < 1.29 is 23.6 Å². The van der Waals surface area contributed by atoms with Crippen LogP contribution in [0.15, 0.2) is 36.4 Å². The second kappa shape index (κ2) is 13.3. The van der Waals surface area contributed by atoms with E-state index in [1.165, 1.54) is 11.1 Å². The van der Waals surface area contributed by atoms with Crippen molar-refractivity contribution >= 4 is 38.8 Å². The van der Waals surface area contributed by atoms with Crippen LogP contribution >= 0.6 is 11.6 Å². The summed E-state index contributed by atoms with van der Waals surface area (Å²) in [5.41, 5.74) is 2.86. The second-order valence-corrected chi connectivity index (χ2v) is 19.6. The maximum atomic E-state index is 14.0. The minimum absolute atomic E-state index is 0.0641. The third kappa shape index (κ3) is 6.48. The summed E-state index contributed by atoms with van der Waals surface area (Å²) < 4.78 is 29.7. The van der Waals surface area contributed by atoms with Crippen molar-refractivity contribution in [1.29, 1.82) is 0 Å². The van der Waals surface area contributed by atoms with Crippen molar-refractivity contribution in [2.45, 2.75) is 107 Å². The lowest BCUT2D eigenvalue weighted by atomic mass is 9.62. The molecule has 50 heavy (non-hydrogen) atoms. The van der Waals surface area contributed by atoms with Crippen LogP contribution in [0.5, 0.6) is 5.75 Å². The molecular formula is C40H54ClN3O5S. The molecule has 1 spiro atoms. The summed E-state index contributed by atoms with van der Waals surface area (Å²) in [6, 6.07) is 11.9. The van der Waals surface area contributed by atoms with Gasteiger partial charge < -0.3 is 19.5 Å². The maximum absolute atomic E-state index is 14.0. The van der Waals surface area contributed by atoms with E-state index in [0.29, 0.717) is 31.1 Å². The van der Waals surface area contributed by atoms with E-state index >= 15 is 0 Å². The molecule has 8 rings (SSSR count). The zero-order valence-corrected chi connectivity index (χ0v) is 31.3. The molecule has 4 bridgehead atoms. The van der Waals surface area contributed by atoms with E-state index in [1.807, 2.05) is 25.1 Å². The van der Waals surface area contributed by atoms with Gasteiger partial charge in [0.2, 0.25) is 0 Å². The summed E-state index contributed by atoms with van der Waals surface area (Å²) in [6.45, 7) is 8.52. The number of carbonyl (C=O) groups excluding carboxylic acids is 1. The van der Waals surface area contributed by atoms with Crippen LogP contribution in [0, 0.1) is 17.8 Å². The highest BCUT2D eigenvalue weighted by Gasteiger charge is 2.50. The fraction of sp³-hybridized carbons (Fsp3) is 0.650. The Morgan fingerprint density at radius 1 is 1.02 bits per heavy atom. The first-order valence-electron chi connectivity index (χ1n) is 19.0. The number of nitrogens with one attached hydrogen (secondary N) is 1. The van der Waals surface area contributed by atoms with Gasteiger partial charge in [-0.25, -0.2) is 4.21 Å². The van der Waals surface area contributed by atoms with Crippen molar-refractivity contribution in [2.24, 2.45) is 17.8 Å². The Bertz CT molecular complexity index is 1730. The summed E-state index contributed by atoms with van der Waals surface area (Å²) in [5.74, 6) is 4.97. The predicted octanol–water partition coefficient (Wildman–Crippen LogP) is 6.00. The van der Waals surface area contributed by atoms with Crippen molar-refractivity contribution in [3.05, 3.63) is 58.1 Å². The summed E-state index contributed by atoms with van der Waals surface area (Å²) >= 11 is 6.49. The highest BCUT2D eigenvalue weighted by Crippen LogP contribution is 2.49. The highest BCUT2D eigenvalue weighted by molar-refractivity contribution is 7.99. The van der Waals surface area contributed by atoms with Gasteiger partial charge in [-0.05, 0) is 130 Å². The molecule has 4 aliphatic heterocycles. The molecule has 0 radical (unpaired) electrons. The number of hydrogen-bond donors (Lipinski definition) is 2. The van der Waals surface area contributed by atoms with E-state index in [0.717, 1.165) is 100 Å². The largest absolute Gasteiger partial charge is 0.490 e. The van der Waals surface area contributed by atoms with Gasteiger partial charge in [-0.3, -0.25) is 14.4 Å². The number of anilines is 1. The summed E-state index contributed by atoms with van der Waals surface area (Å²) in [4.78, 5) is 18.7. The standard InChI is InChI=1S/C40H54ClN3O5S/c1-26-6-4-17-40(46,24-43-21-32-11-12-33(22-43)49-32)35-13-8-30(35)20-44-23-39(16-5-7-28-18-31(41)10-14-34(28)39)25-48-37-15-9-29(19-36(37)44)38(45)42-50(3,47)27(26)2/h9-10,14-15,18-19,26-27,30,32-33,35,46H,3-8,11-13,16-17,20-25H2,1-2H3,(H,42,45,47)/t26-,27+,30-,32-,33+,35+,39-,40+,50?/m0/s1. The Hall–Kier alpha value is -2.30. The number of carbonyl (C=O) groups is 1. The molecule has 3 fully saturated rings. The molecule has 9 atom stereocenters. The SMILES string of the molecule is C=S1(=O)NC(=O)c2ccc3c(c2)N(C[C@@H]2CC[C@H]2[C@](O)(CN2C[C@H]4CC[C@@H](C2)O4)CCC[C@H](C)[C@H]1C)C[C@@]1(CCCc2cc(Cl)ccc21)CO3. The molecule has 2 saturated heterocycles. The highest BCUT2D eigenvalue weighted by atomic mass is 35.5. The fourth-order valence-corrected chi connectivity index (χ4v) is 12.0. The molecule has 2 aliphatic carbocycles. The quantitative estimate of drug-likeness (QED) is 0.368. The molecule has 8 nitrogen and oxygen atoms in total. The van der Waals surface area contributed by atoms with Gasteiger partial charge in [-0.1, -0.05) is 31.0 Å². The number of fused-ring (bicyclic) bond motifs is 6. The van der Waals surface area contributed by atoms with Crippen LogP contribution in [0.1, 0.15) is 93.1 Å². The number of hydrogen-bond acceptors (Lipinski definition) is 7. The average Bonchev–Trinajstić information content (AvgIpc) is 3.32. The topological polar surface area (TPSA) is 91.3 Å². The van der Waals surface area contributed by atoms with E-state index in [9.17, 15) is 14.1 Å². The zero-order chi connectivity index (χ0) is 34.8. The lowest BCUT2D eigenvalue weighted by molar-refractivity contribution is -0.125. The number of morpholine rings is 1. The van der Waals surface area contributed by atoms with Crippen LogP contribution in [0.3, 0.4) is 0 Å². The number of rotatable bonds is 2. The van der Waals surface area contributed by atoms with Gasteiger partial charge in [0.15, 0.2) is 0 Å². The number of halogens is 1. The van der Waals surface area contributed by atoms with Crippen LogP contribution in [-0.2, 0) is 26.3 Å². The van der Waals surface area contributed by atoms with Gasteiger partial charge in [0.25, 0.3) is 5.91 Å². The smallest absolute Gasteiger partial charge is 0.262 e. The predicted molar refractivity (Wildman–Crippen MR) is 201 cm³/mol. The van der Waals surface area contributed by atoms with Crippen LogP contribution in [-0.4, -0.2) is 88.4 Å². The molecule has 1 unspecified atom stereocenters. The van der Waals surface area contributed by atoms with E-state index in [4.69, 9.17) is 21.1 Å². The molecule has 10 heteroatoms. The molecule has 2 aromatic rings. The average molecular weight is 724 g/mol. The number of amides is 1. The van der Waals surface area contributed by atoms with E-state index in [2.05, 4.69) is 39.4 Å². The molecule has 2 aromatic carbocycles. The summed E-state index contributed by atoms with van der Waals surface area (Å²) in [6.07, 6.45) is 10.2. The Balaban J connectivity index is 1.18. The normalized spacial score (nSPS) is 39.0. The maximum Gasteiger partial charge on any atom is 0.262 e. The number of nitrogens with zero attached hydrogens (tertiary/aromatic N) is 2. The third-order valence-electron chi connectivity index (χ3n) is 13.4. The lowest BCUT2D eigenvalue weighted by Crippen LogP contribution is -2.58. The number of ether oxygens (including phenoxy) is 2. The van der Waals surface area contributed by atoms with Crippen molar-refractivity contribution in [2.75, 3.05) is 44.2 Å². The fourth-order valence-electron chi connectivity index (χ4n) is 10.3. The first kappa shape index (κ1) is 34.8. The Morgan fingerprint density at radius 3 is 2.58 bits per heavy atom. The van der Waals surface area contributed by atoms with E-state index in [-0.39, 0.29) is 40.6 Å². The molecule has 1 saturated carbocycles. The molecule has 2 N–H and O–H groups in total. The first-order valence-corrected chi connectivity index (χ1v) is 21.2. The minimum atomic E-state index is -2.94. The van der Waals surface area contributed by atoms with Gasteiger partial charge in [0.1, 0.15) is 5.75 Å². The van der Waals surface area contributed by atoms with Gasteiger partial charge in [-0.2, -0.15) is 0 Å². The van der Waals surface area contributed by atoms with Crippen molar-refractivity contribution in [1.82, 2.24) is 9.62 Å². The second-order valence-electron chi connectivity index (χ2n) is 16.7. The van der Waals surface area contributed by atoms with Crippen LogP contribution in [0.25, 0.3) is 0 Å². The molecule has 4 heterocycles. The number of β-amino-alcohol motifs (C(OH)–C–C–N with tert-alkyl or cyclic N) is 1. The molecular weight excluding hydrogens is 670 g/mol. The van der Waals surface area contributed by atoms with Gasteiger partial charge in [0, 0.05) is 54.0 Å². The van der Waals surface area contributed by atoms with Crippen LogP contribution < -0.4 is 14.4 Å². The van der Waals surface area contributed by atoms with Crippen LogP contribution in [0.4, 0.5) is 5.69 Å². The third-order valence-corrected chi connectivity index (χ3v) is 15.8. The van der Waals surface area contributed by atoms with Crippen molar-refractivity contribution in [3.8, 4) is 5.75 Å². The van der Waals surface area contributed by atoms with Gasteiger partial charge in [-0.15, -0.1) is 0 Å². The Labute approximate surface area is 303 Å². The summed E-state index contributed by atoms with van der Waals surface area (Å²) in [7, 11) is -2.94. The van der Waals surface area contributed by atoms with E-state index < -0.39 is 15.3 Å². The zero-order valence-electron chi connectivity index (χ0n) is 29.7. The lowest BCUT2D eigenvalue weighted by Gasteiger charge is -2.52. The van der Waals surface area contributed by atoms with Crippen molar-refractivity contribution in [3.63, 3.8) is 0 Å². The minimum Gasteiger partial charge on any atom is -0.490 e.